The maximum Gasteiger partial charge on any atom is 0.339 e. The van der Waals surface area contributed by atoms with Gasteiger partial charge in [-0.1, -0.05) is 0 Å². The van der Waals surface area contributed by atoms with Gasteiger partial charge in [0.1, 0.15) is 0 Å². The largest absolute Gasteiger partial charge is 0.465 e. The summed E-state index contributed by atoms with van der Waals surface area (Å²) in [6.07, 6.45) is 4.96. The van der Waals surface area contributed by atoms with E-state index in [1.165, 1.54) is 7.11 Å². The number of nitrogens with zero attached hydrogens (tertiary/aromatic N) is 4. The van der Waals surface area contributed by atoms with Gasteiger partial charge in [-0.25, -0.2) is 14.3 Å². The van der Waals surface area contributed by atoms with Crippen molar-refractivity contribution in [2.45, 2.75) is 0 Å². The number of halogens is 1. The van der Waals surface area contributed by atoms with Gasteiger partial charge in [0.2, 0.25) is 0 Å². The normalized spacial score (nSPS) is 10.7. The fraction of sp³-hybridized carbons (Fsp3) is 0.0769. The number of ether oxygens (including phenoxy) is 1. The van der Waals surface area contributed by atoms with Crippen molar-refractivity contribution >= 4 is 27.5 Å². The van der Waals surface area contributed by atoms with Gasteiger partial charge in [0.15, 0.2) is 11.5 Å². The predicted octanol–water partition coefficient (Wildman–Crippen LogP) is 2.34. The molecular formula is C13H9BrN4O2. The van der Waals surface area contributed by atoms with Crippen LogP contribution in [-0.2, 0) is 4.74 Å². The molecule has 0 aromatic carbocycles. The summed E-state index contributed by atoms with van der Waals surface area (Å²) in [5, 5.41) is 4.34. The van der Waals surface area contributed by atoms with Gasteiger partial charge >= 0.3 is 5.97 Å². The van der Waals surface area contributed by atoms with E-state index in [2.05, 4.69) is 35.7 Å². The van der Waals surface area contributed by atoms with E-state index in [-0.39, 0.29) is 0 Å². The van der Waals surface area contributed by atoms with Gasteiger partial charge in [0.25, 0.3) is 0 Å². The first-order valence-corrected chi connectivity index (χ1v) is 6.52. The van der Waals surface area contributed by atoms with Crippen LogP contribution in [0.2, 0.25) is 0 Å². The predicted molar refractivity (Wildman–Crippen MR) is 75.3 cm³/mol. The zero-order chi connectivity index (χ0) is 14.1. The molecule has 0 aliphatic rings. The first kappa shape index (κ1) is 12.7. The molecule has 0 amide bonds. The Morgan fingerprint density at radius 3 is 2.95 bits per heavy atom. The van der Waals surface area contributed by atoms with Crippen LogP contribution in [0, 0.1) is 0 Å². The van der Waals surface area contributed by atoms with E-state index in [1.807, 2.05) is 6.07 Å². The molecule has 7 heteroatoms. The highest BCUT2D eigenvalue weighted by atomic mass is 79.9. The molecule has 0 saturated heterocycles. The molecule has 0 saturated carbocycles. The highest BCUT2D eigenvalue weighted by Crippen LogP contribution is 2.19. The Balaban J connectivity index is 2.09. The molecule has 0 bridgehead atoms. The molecule has 6 nitrogen and oxygen atoms in total. The summed E-state index contributed by atoms with van der Waals surface area (Å²) < 4.78 is 7.07. The average Bonchev–Trinajstić information content (AvgIpc) is 2.89. The van der Waals surface area contributed by atoms with E-state index in [4.69, 9.17) is 0 Å². The second kappa shape index (κ2) is 5.01. The molecule has 3 aromatic rings. The fourth-order valence-electron chi connectivity index (χ4n) is 1.78. The van der Waals surface area contributed by atoms with Gasteiger partial charge in [-0.05, 0) is 34.1 Å². The summed E-state index contributed by atoms with van der Waals surface area (Å²) in [4.78, 5) is 19.9. The molecule has 0 atom stereocenters. The quantitative estimate of drug-likeness (QED) is 0.673. The van der Waals surface area contributed by atoms with E-state index < -0.39 is 5.97 Å². The van der Waals surface area contributed by atoms with Gasteiger partial charge < -0.3 is 4.74 Å². The van der Waals surface area contributed by atoms with E-state index in [0.717, 1.165) is 10.0 Å². The molecule has 0 spiro atoms. The third kappa shape index (κ3) is 2.27. The third-order valence-corrected chi connectivity index (χ3v) is 3.15. The molecule has 100 valence electrons. The van der Waals surface area contributed by atoms with Gasteiger partial charge in [0, 0.05) is 28.6 Å². The lowest BCUT2D eigenvalue weighted by Crippen LogP contribution is -2.03. The van der Waals surface area contributed by atoms with Crippen molar-refractivity contribution in [1.82, 2.24) is 19.6 Å². The number of esters is 1. The molecule has 3 aromatic heterocycles. The number of pyridine rings is 2. The van der Waals surface area contributed by atoms with Crippen molar-refractivity contribution in [1.29, 1.82) is 0 Å². The van der Waals surface area contributed by atoms with Crippen LogP contribution in [0.3, 0.4) is 0 Å². The lowest BCUT2D eigenvalue weighted by molar-refractivity contribution is 0.0600. The molecule has 3 rings (SSSR count). The Kier molecular flexibility index (Phi) is 3.19. The lowest BCUT2D eigenvalue weighted by atomic mass is 10.3. The molecule has 0 N–H and O–H groups in total. The van der Waals surface area contributed by atoms with E-state index in [1.54, 1.807) is 35.2 Å². The Bertz CT molecular complexity index is 800. The first-order chi connectivity index (χ1) is 9.67. The van der Waals surface area contributed by atoms with Crippen LogP contribution in [0.25, 0.3) is 17.0 Å². The molecule has 0 radical (unpaired) electrons. The standard InChI is InChI=1S/C13H9BrN4O2/c1-20-13(19)8-2-3-11-16-12(17-18(11)7-8)9-4-10(14)6-15-5-9/h2-7H,1H3. The zero-order valence-electron chi connectivity index (χ0n) is 10.4. The number of aromatic nitrogens is 4. The van der Waals surface area contributed by atoms with Crippen molar-refractivity contribution in [3.05, 3.63) is 46.8 Å². The average molecular weight is 333 g/mol. The summed E-state index contributed by atoms with van der Waals surface area (Å²) >= 11 is 3.36. The molecule has 0 aliphatic heterocycles. The van der Waals surface area contributed by atoms with Crippen LogP contribution < -0.4 is 0 Å². The van der Waals surface area contributed by atoms with E-state index in [9.17, 15) is 4.79 Å². The van der Waals surface area contributed by atoms with Crippen LogP contribution in [0.1, 0.15) is 10.4 Å². The highest BCUT2D eigenvalue weighted by molar-refractivity contribution is 9.10. The number of hydrogen-bond acceptors (Lipinski definition) is 5. The smallest absolute Gasteiger partial charge is 0.339 e. The SMILES string of the molecule is COC(=O)c1ccc2nc(-c3cncc(Br)c3)nn2c1. The van der Waals surface area contributed by atoms with Crippen molar-refractivity contribution in [2.75, 3.05) is 7.11 Å². The fourth-order valence-corrected chi connectivity index (χ4v) is 2.14. The number of carbonyl (C=O) groups is 1. The summed E-state index contributed by atoms with van der Waals surface area (Å²) in [6, 6.07) is 5.25. The second-order valence-corrected chi connectivity index (χ2v) is 4.96. The second-order valence-electron chi connectivity index (χ2n) is 4.04. The topological polar surface area (TPSA) is 69.4 Å². The van der Waals surface area contributed by atoms with Crippen LogP contribution in [0.15, 0.2) is 41.3 Å². The van der Waals surface area contributed by atoms with Gasteiger partial charge in [-0.3, -0.25) is 4.98 Å². The van der Waals surface area contributed by atoms with Crippen molar-refractivity contribution in [2.24, 2.45) is 0 Å². The zero-order valence-corrected chi connectivity index (χ0v) is 12.0. The number of carbonyl (C=O) groups excluding carboxylic acids is 1. The molecule has 0 unspecified atom stereocenters. The summed E-state index contributed by atoms with van der Waals surface area (Å²) in [5.74, 6) is 0.133. The number of methoxy groups -OCH3 is 1. The van der Waals surface area contributed by atoms with Crippen LogP contribution in [-0.4, -0.2) is 32.7 Å². The Hall–Kier alpha value is -2.28. The molecule has 3 heterocycles. The highest BCUT2D eigenvalue weighted by Gasteiger charge is 2.10. The maximum absolute atomic E-state index is 11.5. The monoisotopic (exact) mass is 332 g/mol. The van der Waals surface area contributed by atoms with Gasteiger partial charge in [0.05, 0.1) is 12.7 Å². The van der Waals surface area contributed by atoms with Crippen LogP contribution in [0.4, 0.5) is 0 Å². The van der Waals surface area contributed by atoms with Gasteiger partial charge in [-0.15, -0.1) is 5.10 Å². The summed E-state index contributed by atoms with van der Waals surface area (Å²) in [7, 11) is 1.34. The molecule has 0 fully saturated rings. The van der Waals surface area contributed by atoms with E-state index in [0.29, 0.717) is 17.0 Å². The minimum absolute atomic E-state index is 0.409. The van der Waals surface area contributed by atoms with Crippen molar-refractivity contribution in [3.63, 3.8) is 0 Å². The maximum atomic E-state index is 11.5. The van der Waals surface area contributed by atoms with Crippen molar-refractivity contribution in [3.8, 4) is 11.4 Å². The van der Waals surface area contributed by atoms with Crippen LogP contribution >= 0.6 is 15.9 Å². The first-order valence-electron chi connectivity index (χ1n) is 5.73. The third-order valence-electron chi connectivity index (χ3n) is 2.72. The summed E-state index contributed by atoms with van der Waals surface area (Å²) in [6.45, 7) is 0. The van der Waals surface area contributed by atoms with Crippen molar-refractivity contribution < 1.29 is 9.53 Å². The van der Waals surface area contributed by atoms with Gasteiger partial charge in [-0.2, -0.15) is 0 Å². The number of hydrogen-bond donors (Lipinski definition) is 0. The number of fused-ring (bicyclic) bond motifs is 1. The summed E-state index contributed by atoms with van der Waals surface area (Å²) in [5.41, 5.74) is 1.86. The van der Waals surface area contributed by atoms with E-state index >= 15 is 0 Å². The minimum Gasteiger partial charge on any atom is -0.465 e. The Morgan fingerprint density at radius 1 is 1.35 bits per heavy atom. The Morgan fingerprint density at radius 2 is 2.20 bits per heavy atom. The molecule has 0 aliphatic carbocycles. The van der Waals surface area contributed by atoms with Crippen LogP contribution in [0.5, 0.6) is 0 Å². The Labute approximate surface area is 122 Å². The number of rotatable bonds is 2. The minimum atomic E-state index is -0.409. The molecular weight excluding hydrogens is 324 g/mol. The molecule has 20 heavy (non-hydrogen) atoms. The lowest BCUT2D eigenvalue weighted by Gasteiger charge is -1.98.